The Balaban J connectivity index is 1.95. The highest BCUT2D eigenvalue weighted by Gasteiger charge is 2.22. The van der Waals surface area contributed by atoms with Crippen LogP contribution in [0.3, 0.4) is 0 Å². The predicted molar refractivity (Wildman–Crippen MR) is 91.6 cm³/mol. The molecule has 1 aliphatic heterocycles. The third-order valence-electron chi connectivity index (χ3n) is 3.89. The van der Waals surface area contributed by atoms with Gasteiger partial charge in [0.1, 0.15) is 12.4 Å². The molecule has 0 aliphatic carbocycles. The van der Waals surface area contributed by atoms with E-state index in [1.807, 2.05) is 18.2 Å². The van der Waals surface area contributed by atoms with Crippen molar-refractivity contribution in [1.82, 2.24) is 10.3 Å². The van der Waals surface area contributed by atoms with E-state index in [1.54, 1.807) is 20.4 Å². The molecule has 1 atom stereocenters. The Hall–Kier alpha value is -2.83. The zero-order valence-corrected chi connectivity index (χ0v) is 14.2. The molecule has 0 spiro atoms. The van der Waals surface area contributed by atoms with Gasteiger partial charge in [0.2, 0.25) is 0 Å². The summed E-state index contributed by atoms with van der Waals surface area (Å²) in [6, 6.07) is 7.33. The molecule has 132 valence electrons. The van der Waals surface area contributed by atoms with Gasteiger partial charge in [0.15, 0.2) is 11.5 Å². The fourth-order valence-corrected chi connectivity index (χ4v) is 2.80. The molecule has 6 nitrogen and oxygen atoms in total. The molecule has 1 aromatic carbocycles. The first kappa shape index (κ1) is 17.0. The van der Waals surface area contributed by atoms with Crippen molar-refractivity contribution < 1.29 is 18.6 Å². The number of methoxy groups -OCH3 is 2. The standard InChI is InChI=1S/C18H20FN3O3/c1-23-16-5-3-4-14(17(16)24-2)15(22-18-21-6-7-25-18)9-12-8-13(19)11-20-10-12/h3-5,8,10-11,15H,6-7,9H2,1-2H3,(H,21,22). The zero-order chi connectivity index (χ0) is 17.6. The van der Waals surface area contributed by atoms with Crippen LogP contribution in [0.4, 0.5) is 4.39 Å². The van der Waals surface area contributed by atoms with Crippen LogP contribution in [-0.4, -0.2) is 38.4 Å². The SMILES string of the molecule is COc1cccc(C(Cc2cncc(F)c2)NC2=NCCO2)c1OC. The van der Waals surface area contributed by atoms with Gasteiger partial charge in [-0.2, -0.15) is 0 Å². The van der Waals surface area contributed by atoms with E-state index in [9.17, 15) is 4.39 Å². The van der Waals surface area contributed by atoms with Gasteiger partial charge in [-0.15, -0.1) is 0 Å². The number of hydrogen-bond acceptors (Lipinski definition) is 6. The van der Waals surface area contributed by atoms with Crippen molar-refractivity contribution in [3.8, 4) is 11.5 Å². The maximum absolute atomic E-state index is 13.5. The summed E-state index contributed by atoms with van der Waals surface area (Å²) in [7, 11) is 3.18. The smallest absolute Gasteiger partial charge is 0.285 e. The van der Waals surface area contributed by atoms with Crippen LogP contribution in [0.5, 0.6) is 11.5 Å². The van der Waals surface area contributed by atoms with Crippen molar-refractivity contribution in [3.63, 3.8) is 0 Å². The fraction of sp³-hybridized carbons (Fsp3) is 0.333. The average Bonchev–Trinajstić information content (AvgIpc) is 3.13. The lowest BCUT2D eigenvalue weighted by Crippen LogP contribution is -2.30. The van der Waals surface area contributed by atoms with Crippen molar-refractivity contribution in [1.29, 1.82) is 0 Å². The summed E-state index contributed by atoms with van der Waals surface area (Å²) in [5.74, 6) is 0.868. The summed E-state index contributed by atoms with van der Waals surface area (Å²) < 4.78 is 29.9. The summed E-state index contributed by atoms with van der Waals surface area (Å²) in [4.78, 5) is 8.20. The third kappa shape index (κ3) is 3.99. The van der Waals surface area contributed by atoms with Gasteiger partial charge < -0.3 is 19.5 Å². The summed E-state index contributed by atoms with van der Waals surface area (Å²) in [6.45, 7) is 1.16. The molecule has 7 heteroatoms. The number of nitrogens with one attached hydrogen (secondary N) is 1. The maximum atomic E-state index is 13.5. The molecule has 25 heavy (non-hydrogen) atoms. The number of ether oxygens (including phenoxy) is 3. The highest BCUT2D eigenvalue weighted by Crippen LogP contribution is 2.36. The number of benzene rings is 1. The molecule has 2 aromatic rings. The molecular weight excluding hydrogens is 325 g/mol. The molecule has 0 fully saturated rings. The van der Waals surface area contributed by atoms with Crippen molar-refractivity contribution in [2.24, 2.45) is 4.99 Å². The van der Waals surface area contributed by atoms with Crippen molar-refractivity contribution in [3.05, 3.63) is 53.6 Å². The highest BCUT2D eigenvalue weighted by molar-refractivity contribution is 5.75. The van der Waals surface area contributed by atoms with Crippen LogP contribution in [0.15, 0.2) is 41.7 Å². The monoisotopic (exact) mass is 345 g/mol. The van der Waals surface area contributed by atoms with Crippen LogP contribution in [0, 0.1) is 5.82 Å². The predicted octanol–water partition coefficient (Wildman–Crippen LogP) is 2.50. The van der Waals surface area contributed by atoms with E-state index in [2.05, 4.69) is 15.3 Å². The van der Waals surface area contributed by atoms with Gasteiger partial charge in [0, 0.05) is 11.8 Å². The molecule has 0 amide bonds. The Labute approximate surface area is 145 Å². The molecule has 3 rings (SSSR count). The van der Waals surface area contributed by atoms with Gasteiger partial charge in [0.25, 0.3) is 6.02 Å². The summed E-state index contributed by atoms with van der Waals surface area (Å²) >= 11 is 0. The Morgan fingerprint density at radius 1 is 1.28 bits per heavy atom. The normalized spacial score (nSPS) is 14.4. The van der Waals surface area contributed by atoms with Crippen LogP contribution in [0.2, 0.25) is 0 Å². The minimum atomic E-state index is -0.372. The Bertz CT molecular complexity index is 767. The second-order valence-corrected chi connectivity index (χ2v) is 5.53. The first-order valence-electron chi connectivity index (χ1n) is 7.95. The minimum absolute atomic E-state index is 0.245. The first-order chi connectivity index (χ1) is 12.2. The number of nitrogens with zero attached hydrogens (tertiary/aromatic N) is 2. The topological polar surface area (TPSA) is 65.0 Å². The molecule has 1 unspecified atom stereocenters. The lowest BCUT2D eigenvalue weighted by Gasteiger charge is -2.23. The Kier molecular flexibility index (Phi) is 5.33. The van der Waals surface area contributed by atoms with Gasteiger partial charge in [-0.3, -0.25) is 4.98 Å². The number of aromatic nitrogens is 1. The van der Waals surface area contributed by atoms with E-state index in [0.717, 1.165) is 11.1 Å². The summed E-state index contributed by atoms with van der Waals surface area (Å²) in [6.07, 6.45) is 3.31. The number of pyridine rings is 1. The molecule has 1 aliphatic rings. The maximum Gasteiger partial charge on any atom is 0.285 e. The van der Waals surface area contributed by atoms with Gasteiger partial charge in [-0.05, 0) is 24.1 Å². The number of halogens is 1. The molecular formula is C18H20FN3O3. The lowest BCUT2D eigenvalue weighted by atomic mass is 9.98. The summed E-state index contributed by atoms with van der Waals surface area (Å²) in [5, 5.41) is 3.27. The molecule has 0 bridgehead atoms. The molecule has 1 aromatic heterocycles. The average molecular weight is 345 g/mol. The van der Waals surface area contributed by atoms with Gasteiger partial charge >= 0.3 is 0 Å². The second-order valence-electron chi connectivity index (χ2n) is 5.53. The second kappa shape index (κ2) is 7.83. The van der Waals surface area contributed by atoms with Gasteiger partial charge in [-0.1, -0.05) is 12.1 Å². The van der Waals surface area contributed by atoms with E-state index in [0.29, 0.717) is 37.1 Å². The lowest BCUT2D eigenvalue weighted by molar-refractivity contribution is 0.321. The fourth-order valence-electron chi connectivity index (χ4n) is 2.80. The minimum Gasteiger partial charge on any atom is -0.493 e. The van der Waals surface area contributed by atoms with Gasteiger partial charge in [-0.25, -0.2) is 9.38 Å². The highest BCUT2D eigenvalue weighted by atomic mass is 19.1. The number of rotatable bonds is 6. The van der Waals surface area contributed by atoms with Crippen LogP contribution in [0.25, 0.3) is 0 Å². The largest absolute Gasteiger partial charge is 0.493 e. The molecule has 0 saturated heterocycles. The van der Waals surface area contributed by atoms with Gasteiger partial charge in [0.05, 0.1) is 33.0 Å². The van der Waals surface area contributed by atoms with Crippen molar-refractivity contribution in [2.75, 3.05) is 27.4 Å². The number of hydrogen-bond donors (Lipinski definition) is 1. The van der Waals surface area contributed by atoms with Crippen LogP contribution < -0.4 is 14.8 Å². The third-order valence-corrected chi connectivity index (χ3v) is 3.89. The quantitative estimate of drug-likeness (QED) is 0.871. The van der Waals surface area contributed by atoms with E-state index in [4.69, 9.17) is 14.2 Å². The number of amidine groups is 1. The van der Waals surface area contributed by atoms with E-state index in [1.165, 1.54) is 12.3 Å². The number of aliphatic imine (C=N–C) groups is 1. The Morgan fingerprint density at radius 2 is 2.16 bits per heavy atom. The van der Waals surface area contributed by atoms with Crippen LogP contribution >= 0.6 is 0 Å². The number of para-hydroxylation sites is 1. The van der Waals surface area contributed by atoms with E-state index >= 15 is 0 Å². The molecule has 1 N–H and O–H groups in total. The molecule has 2 heterocycles. The van der Waals surface area contributed by atoms with Crippen molar-refractivity contribution in [2.45, 2.75) is 12.5 Å². The van der Waals surface area contributed by atoms with Crippen LogP contribution in [0.1, 0.15) is 17.2 Å². The Morgan fingerprint density at radius 3 is 2.84 bits per heavy atom. The van der Waals surface area contributed by atoms with Crippen molar-refractivity contribution >= 4 is 6.02 Å². The molecule has 0 saturated carbocycles. The molecule has 0 radical (unpaired) electrons. The van der Waals surface area contributed by atoms with E-state index < -0.39 is 0 Å². The zero-order valence-electron chi connectivity index (χ0n) is 14.2. The first-order valence-corrected chi connectivity index (χ1v) is 7.95. The summed E-state index contributed by atoms with van der Waals surface area (Å²) in [5.41, 5.74) is 1.62. The van der Waals surface area contributed by atoms with Crippen LogP contribution in [-0.2, 0) is 11.2 Å². The van der Waals surface area contributed by atoms with E-state index in [-0.39, 0.29) is 11.9 Å².